The molecule has 0 N–H and O–H groups in total. The van der Waals surface area contributed by atoms with Crippen molar-refractivity contribution in [3.8, 4) is 11.3 Å². The maximum atomic E-state index is 11.3. The van der Waals surface area contributed by atoms with Gasteiger partial charge in [-0.3, -0.25) is 4.79 Å². The van der Waals surface area contributed by atoms with Gasteiger partial charge in [-0.15, -0.1) is 0 Å². The fourth-order valence-corrected chi connectivity index (χ4v) is 2.30. The van der Waals surface area contributed by atoms with Crippen LogP contribution in [0.1, 0.15) is 5.69 Å². The maximum Gasteiger partial charge on any atom is 0.227 e. The van der Waals surface area contributed by atoms with E-state index in [-0.39, 0.29) is 11.7 Å². The van der Waals surface area contributed by atoms with Crippen LogP contribution >= 0.6 is 11.6 Å². The number of halogens is 1. The van der Waals surface area contributed by atoms with Crippen LogP contribution < -0.4 is 0 Å². The molecule has 3 aromatic rings. The highest BCUT2D eigenvalue weighted by Crippen LogP contribution is 2.25. The Morgan fingerprint density at radius 2 is 1.84 bits per heavy atom. The predicted octanol–water partition coefficient (Wildman–Crippen LogP) is 3.31. The van der Waals surface area contributed by atoms with Crippen molar-refractivity contribution in [3.63, 3.8) is 0 Å². The van der Waals surface area contributed by atoms with Crippen LogP contribution in [0.5, 0.6) is 0 Å². The molecule has 0 spiro atoms. The van der Waals surface area contributed by atoms with E-state index in [1.165, 1.54) is 0 Å². The van der Waals surface area contributed by atoms with Gasteiger partial charge in [0.05, 0.1) is 17.8 Å². The van der Waals surface area contributed by atoms with E-state index in [1.807, 2.05) is 59.1 Å². The van der Waals surface area contributed by atoms with E-state index in [1.54, 1.807) is 0 Å². The van der Waals surface area contributed by atoms with E-state index in [0.717, 1.165) is 22.6 Å². The molecular weight excluding hydrogens is 260 g/mol. The Morgan fingerprint density at radius 1 is 1.11 bits per heavy atom. The highest BCUT2D eigenvalue weighted by atomic mass is 35.5. The number of nitrogens with zero attached hydrogens (tertiary/aromatic N) is 2. The number of benzene rings is 1. The molecule has 3 nitrogen and oxygen atoms in total. The van der Waals surface area contributed by atoms with E-state index in [0.29, 0.717) is 0 Å². The first-order chi connectivity index (χ1) is 9.25. The largest absolute Gasteiger partial charge is 0.303 e. The normalized spacial score (nSPS) is 10.8. The van der Waals surface area contributed by atoms with E-state index in [2.05, 4.69) is 4.98 Å². The van der Waals surface area contributed by atoms with Crippen LogP contribution in [0.4, 0.5) is 0 Å². The highest BCUT2D eigenvalue weighted by molar-refractivity contribution is 6.63. The average molecular weight is 271 g/mol. The minimum absolute atomic E-state index is 0.164. The Kier molecular flexibility index (Phi) is 3.05. The molecule has 0 bridgehead atoms. The van der Waals surface area contributed by atoms with Crippen LogP contribution in [0.3, 0.4) is 0 Å². The van der Waals surface area contributed by atoms with Crippen molar-refractivity contribution in [2.75, 3.05) is 0 Å². The second-order valence-electron chi connectivity index (χ2n) is 4.23. The molecule has 0 saturated heterocycles. The Balaban J connectivity index is 2.26. The molecule has 4 heteroatoms. The van der Waals surface area contributed by atoms with Crippen molar-refractivity contribution < 1.29 is 4.79 Å². The molecule has 1 aromatic carbocycles. The van der Waals surface area contributed by atoms with E-state index < -0.39 is 0 Å². The quantitative estimate of drug-likeness (QED) is 0.684. The molecule has 0 aliphatic carbocycles. The lowest BCUT2D eigenvalue weighted by atomic mass is 10.1. The smallest absolute Gasteiger partial charge is 0.227 e. The second kappa shape index (κ2) is 4.86. The summed E-state index contributed by atoms with van der Waals surface area (Å²) in [5.74, 6) is 0. The van der Waals surface area contributed by atoms with Crippen molar-refractivity contribution in [3.05, 3.63) is 60.4 Å². The summed E-state index contributed by atoms with van der Waals surface area (Å²) in [6.45, 7) is 0. The summed E-state index contributed by atoms with van der Waals surface area (Å²) in [4.78, 5) is 15.9. The molecule has 0 unspecified atom stereocenters. The lowest BCUT2D eigenvalue weighted by Crippen LogP contribution is -2.00. The van der Waals surface area contributed by atoms with Crippen LogP contribution in [-0.2, 0) is 11.2 Å². The molecule has 0 radical (unpaired) electrons. The molecule has 19 heavy (non-hydrogen) atoms. The third kappa shape index (κ3) is 2.25. The number of fused-ring (bicyclic) bond motifs is 1. The Morgan fingerprint density at radius 3 is 2.58 bits per heavy atom. The highest BCUT2D eigenvalue weighted by Gasteiger charge is 2.15. The third-order valence-electron chi connectivity index (χ3n) is 2.98. The lowest BCUT2D eigenvalue weighted by molar-refractivity contribution is -0.111. The number of hydrogen-bond acceptors (Lipinski definition) is 2. The lowest BCUT2D eigenvalue weighted by Gasteiger charge is -2.02. The molecule has 0 aliphatic heterocycles. The average Bonchev–Trinajstić information content (AvgIpc) is 2.78. The van der Waals surface area contributed by atoms with Gasteiger partial charge in [0, 0.05) is 11.8 Å². The van der Waals surface area contributed by atoms with Gasteiger partial charge in [0.2, 0.25) is 5.24 Å². The Bertz CT molecular complexity index is 734. The number of rotatable bonds is 3. The SMILES string of the molecule is O=C(Cl)Cc1c(-c2ccccc2)nc2ccccn12. The summed E-state index contributed by atoms with van der Waals surface area (Å²) >= 11 is 5.55. The first-order valence-corrected chi connectivity index (χ1v) is 6.33. The van der Waals surface area contributed by atoms with Crippen molar-refractivity contribution in [2.24, 2.45) is 0 Å². The van der Waals surface area contributed by atoms with Crippen molar-refractivity contribution in [1.29, 1.82) is 0 Å². The van der Waals surface area contributed by atoms with Crippen molar-refractivity contribution >= 4 is 22.5 Å². The molecule has 0 saturated carbocycles. The standard InChI is InChI=1S/C15H11ClN2O/c16-13(19)10-12-15(11-6-2-1-3-7-11)17-14-8-4-5-9-18(12)14/h1-9H,10H2. The predicted molar refractivity (Wildman–Crippen MR) is 75.2 cm³/mol. The Hall–Kier alpha value is -2.13. The van der Waals surface area contributed by atoms with E-state index >= 15 is 0 Å². The zero-order valence-electron chi connectivity index (χ0n) is 10.1. The summed E-state index contributed by atoms with van der Waals surface area (Å²) in [5, 5.41) is -0.386. The van der Waals surface area contributed by atoms with Crippen LogP contribution in [0.2, 0.25) is 0 Å². The summed E-state index contributed by atoms with van der Waals surface area (Å²) < 4.78 is 1.91. The van der Waals surface area contributed by atoms with E-state index in [4.69, 9.17) is 11.6 Å². The fraction of sp³-hybridized carbons (Fsp3) is 0.0667. The van der Waals surface area contributed by atoms with Gasteiger partial charge in [-0.05, 0) is 23.7 Å². The van der Waals surface area contributed by atoms with Crippen molar-refractivity contribution in [2.45, 2.75) is 6.42 Å². The molecule has 0 aliphatic rings. The van der Waals surface area contributed by atoms with Crippen LogP contribution in [0.15, 0.2) is 54.7 Å². The van der Waals surface area contributed by atoms with E-state index in [9.17, 15) is 4.79 Å². The summed E-state index contributed by atoms with van der Waals surface area (Å²) in [6, 6.07) is 15.5. The summed E-state index contributed by atoms with van der Waals surface area (Å²) in [5.41, 5.74) is 3.43. The number of aromatic nitrogens is 2. The monoisotopic (exact) mass is 270 g/mol. The topological polar surface area (TPSA) is 34.4 Å². The molecule has 94 valence electrons. The molecule has 0 atom stereocenters. The van der Waals surface area contributed by atoms with Gasteiger partial charge in [0.25, 0.3) is 0 Å². The van der Waals surface area contributed by atoms with Crippen LogP contribution in [0, 0.1) is 0 Å². The minimum atomic E-state index is -0.386. The number of carbonyl (C=O) groups is 1. The fourth-order valence-electron chi connectivity index (χ4n) is 2.17. The number of hydrogen-bond donors (Lipinski definition) is 0. The molecular formula is C15H11ClN2O. The first kappa shape index (κ1) is 11.9. The summed E-state index contributed by atoms with van der Waals surface area (Å²) in [6.07, 6.45) is 2.06. The molecule has 3 rings (SSSR count). The molecule has 2 aromatic heterocycles. The number of imidazole rings is 1. The van der Waals surface area contributed by atoms with Gasteiger partial charge >= 0.3 is 0 Å². The van der Waals surface area contributed by atoms with Gasteiger partial charge in [-0.1, -0.05) is 36.4 Å². The molecule has 2 heterocycles. The zero-order chi connectivity index (χ0) is 13.2. The van der Waals surface area contributed by atoms with Gasteiger partial charge < -0.3 is 4.40 Å². The molecule has 0 amide bonds. The summed E-state index contributed by atoms with van der Waals surface area (Å²) in [7, 11) is 0. The van der Waals surface area contributed by atoms with Gasteiger partial charge in [0.1, 0.15) is 5.65 Å². The van der Waals surface area contributed by atoms with Gasteiger partial charge in [-0.2, -0.15) is 0 Å². The van der Waals surface area contributed by atoms with Gasteiger partial charge in [-0.25, -0.2) is 4.98 Å². The zero-order valence-corrected chi connectivity index (χ0v) is 10.8. The number of pyridine rings is 1. The minimum Gasteiger partial charge on any atom is -0.303 e. The molecule has 0 fully saturated rings. The van der Waals surface area contributed by atoms with Crippen molar-refractivity contribution in [1.82, 2.24) is 9.38 Å². The first-order valence-electron chi connectivity index (χ1n) is 5.95. The van der Waals surface area contributed by atoms with Crippen LogP contribution in [0.25, 0.3) is 16.9 Å². The van der Waals surface area contributed by atoms with Gasteiger partial charge in [0.15, 0.2) is 0 Å². The Labute approximate surface area is 115 Å². The van der Waals surface area contributed by atoms with Crippen LogP contribution in [-0.4, -0.2) is 14.6 Å². The number of carbonyl (C=O) groups excluding carboxylic acids is 1. The third-order valence-corrected chi connectivity index (χ3v) is 3.12. The maximum absolute atomic E-state index is 11.3. The second-order valence-corrected chi connectivity index (χ2v) is 4.66.